The van der Waals surface area contributed by atoms with Gasteiger partial charge >= 0.3 is 0 Å². The summed E-state index contributed by atoms with van der Waals surface area (Å²) < 4.78 is 5.22. The lowest BCUT2D eigenvalue weighted by atomic mass is 10.1. The highest BCUT2D eigenvalue weighted by atomic mass is 32.2. The van der Waals surface area contributed by atoms with Gasteiger partial charge in [-0.05, 0) is 24.3 Å². The summed E-state index contributed by atoms with van der Waals surface area (Å²) in [5.74, 6) is 0.794. The zero-order valence-corrected chi connectivity index (χ0v) is 19.9. The number of nitrogens with zero attached hydrogens (tertiary/aromatic N) is 5. The zero-order chi connectivity index (χ0) is 24.4. The molecular weight excluding hydrogens is 470 g/mol. The van der Waals surface area contributed by atoms with E-state index in [0.717, 1.165) is 4.90 Å². The van der Waals surface area contributed by atoms with Gasteiger partial charge in [0.25, 0.3) is 5.91 Å². The standard InChI is InChI=1S/C23H25N7O4S/c1-34-20-5-3-15-21(27-20)14(6-7-24-15)17(31)12-29-8-10-30(11-9-29)28-23(33)16-2-4-18-22(25-16)26-19(32)13-35-18/h2-7,17,31H,8-13H2,1H3,(H,28,33)(H,25,26,32)/t17-/m1/s1. The minimum Gasteiger partial charge on any atom is -0.481 e. The van der Waals surface area contributed by atoms with Crippen molar-refractivity contribution in [1.82, 2.24) is 30.3 Å². The van der Waals surface area contributed by atoms with Gasteiger partial charge in [0.15, 0.2) is 0 Å². The number of aliphatic hydroxyl groups is 1. The Bertz CT molecular complexity index is 1270. The number of aromatic nitrogens is 3. The van der Waals surface area contributed by atoms with Gasteiger partial charge in [-0.15, -0.1) is 11.8 Å². The molecule has 2 amide bonds. The quantitative estimate of drug-likeness (QED) is 0.456. The molecule has 5 heterocycles. The molecule has 0 unspecified atom stereocenters. The van der Waals surface area contributed by atoms with E-state index in [2.05, 4.69) is 30.6 Å². The number of ether oxygens (including phenoxy) is 1. The fourth-order valence-electron chi connectivity index (χ4n) is 4.09. The van der Waals surface area contributed by atoms with E-state index in [-0.39, 0.29) is 17.5 Å². The van der Waals surface area contributed by atoms with Crippen molar-refractivity contribution < 1.29 is 19.4 Å². The summed E-state index contributed by atoms with van der Waals surface area (Å²) in [4.78, 5) is 40.4. The molecule has 2 aliphatic rings. The number of hydrogen-bond donors (Lipinski definition) is 3. The number of amides is 2. The summed E-state index contributed by atoms with van der Waals surface area (Å²) in [6, 6.07) is 8.81. The van der Waals surface area contributed by atoms with Gasteiger partial charge in [-0.2, -0.15) is 0 Å². The predicted molar refractivity (Wildman–Crippen MR) is 130 cm³/mol. The molecule has 11 nitrogen and oxygen atoms in total. The van der Waals surface area contributed by atoms with Crippen molar-refractivity contribution in [3.8, 4) is 5.88 Å². The number of rotatable bonds is 6. The first-order chi connectivity index (χ1) is 17.0. The number of fused-ring (bicyclic) bond motifs is 2. The third kappa shape index (κ3) is 5.20. The Labute approximate surface area is 205 Å². The molecule has 0 aromatic carbocycles. The Hall–Kier alpha value is -3.32. The molecule has 0 saturated carbocycles. The number of anilines is 1. The second-order valence-corrected chi connectivity index (χ2v) is 9.26. The Morgan fingerprint density at radius 3 is 2.83 bits per heavy atom. The molecule has 0 radical (unpaired) electrons. The van der Waals surface area contributed by atoms with Crippen LogP contribution >= 0.6 is 11.8 Å². The molecule has 0 bridgehead atoms. The Morgan fingerprint density at radius 1 is 1.20 bits per heavy atom. The SMILES string of the molecule is COc1ccc2nccc([C@H](O)CN3CCN(NC(=O)c4ccc5c(n4)NC(=O)CS5)CC3)c2n1. The smallest absolute Gasteiger partial charge is 0.284 e. The van der Waals surface area contributed by atoms with Gasteiger partial charge in [-0.25, -0.2) is 15.0 Å². The van der Waals surface area contributed by atoms with Gasteiger partial charge in [-0.1, -0.05) is 0 Å². The molecule has 0 aliphatic carbocycles. The fourth-order valence-corrected chi connectivity index (χ4v) is 4.84. The number of carbonyl (C=O) groups is 2. The molecule has 0 spiro atoms. The lowest BCUT2D eigenvalue weighted by molar-refractivity contribution is -0.113. The van der Waals surface area contributed by atoms with E-state index in [1.165, 1.54) is 11.8 Å². The normalized spacial score (nSPS) is 17.5. The minimum atomic E-state index is -0.742. The average molecular weight is 496 g/mol. The molecule has 1 atom stereocenters. The fraction of sp³-hybridized carbons (Fsp3) is 0.348. The van der Waals surface area contributed by atoms with Crippen LogP contribution in [0.25, 0.3) is 11.0 Å². The number of piperazine rings is 1. The van der Waals surface area contributed by atoms with E-state index in [9.17, 15) is 14.7 Å². The first-order valence-corrected chi connectivity index (χ1v) is 12.2. The van der Waals surface area contributed by atoms with Crippen LogP contribution in [0.1, 0.15) is 22.2 Å². The first-order valence-electron chi connectivity index (χ1n) is 11.2. The summed E-state index contributed by atoms with van der Waals surface area (Å²) in [6.45, 7) is 2.96. The van der Waals surface area contributed by atoms with Crippen molar-refractivity contribution in [2.75, 3.05) is 50.9 Å². The molecule has 3 aromatic heterocycles. The Kier molecular flexibility index (Phi) is 6.77. The monoisotopic (exact) mass is 495 g/mol. The van der Waals surface area contributed by atoms with Crippen LogP contribution in [0.3, 0.4) is 0 Å². The van der Waals surface area contributed by atoms with Crippen molar-refractivity contribution in [2.45, 2.75) is 11.0 Å². The minimum absolute atomic E-state index is 0.124. The van der Waals surface area contributed by atoms with Crippen molar-refractivity contribution in [1.29, 1.82) is 0 Å². The highest BCUT2D eigenvalue weighted by Gasteiger charge is 2.24. The van der Waals surface area contributed by atoms with E-state index in [0.29, 0.717) is 66.8 Å². The van der Waals surface area contributed by atoms with Gasteiger partial charge < -0.3 is 15.2 Å². The number of carbonyl (C=O) groups excluding carboxylic acids is 2. The third-order valence-electron chi connectivity index (χ3n) is 5.93. The summed E-state index contributed by atoms with van der Waals surface area (Å²) in [5, 5.41) is 15.5. The highest BCUT2D eigenvalue weighted by Crippen LogP contribution is 2.29. The molecule has 182 valence electrons. The van der Waals surface area contributed by atoms with E-state index >= 15 is 0 Å². The van der Waals surface area contributed by atoms with Crippen LogP contribution in [-0.4, -0.2) is 87.4 Å². The number of β-amino-alcohol motifs (C(OH)–C–C–N with tert-alkyl or cyclic N) is 1. The van der Waals surface area contributed by atoms with Crippen molar-refractivity contribution in [2.24, 2.45) is 0 Å². The topological polar surface area (TPSA) is 133 Å². The number of hydrazine groups is 1. The van der Waals surface area contributed by atoms with Gasteiger partial charge in [0.1, 0.15) is 11.5 Å². The van der Waals surface area contributed by atoms with Crippen LogP contribution in [0.15, 0.2) is 41.4 Å². The summed E-state index contributed by atoms with van der Waals surface area (Å²) in [6.07, 6.45) is 0.926. The maximum absolute atomic E-state index is 12.7. The lowest BCUT2D eigenvalue weighted by Crippen LogP contribution is -2.54. The highest BCUT2D eigenvalue weighted by molar-refractivity contribution is 8.00. The van der Waals surface area contributed by atoms with E-state index < -0.39 is 6.10 Å². The van der Waals surface area contributed by atoms with Gasteiger partial charge in [-0.3, -0.25) is 24.9 Å². The average Bonchev–Trinajstić information content (AvgIpc) is 2.88. The van der Waals surface area contributed by atoms with Crippen molar-refractivity contribution >= 4 is 40.4 Å². The molecule has 35 heavy (non-hydrogen) atoms. The van der Waals surface area contributed by atoms with Crippen LogP contribution in [0.2, 0.25) is 0 Å². The maximum atomic E-state index is 12.7. The van der Waals surface area contributed by atoms with Gasteiger partial charge in [0, 0.05) is 50.6 Å². The molecule has 12 heteroatoms. The molecule has 1 saturated heterocycles. The summed E-state index contributed by atoms with van der Waals surface area (Å²) in [5.41, 5.74) is 5.16. The number of thioether (sulfide) groups is 1. The molecule has 3 N–H and O–H groups in total. The zero-order valence-electron chi connectivity index (χ0n) is 19.1. The molecular formula is C23H25N7O4S. The maximum Gasteiger partial charge on any atom is 0.284 e. The van der Waals surface area contributed by atoms with Gasteiger partial charge in [0.05, 0.1) is 34.9 Å². The molecule has 5 rings (SSSR count). The van der Waals surface area contributed by atoms with E-state index in [4.69, 9.17) is 4.74 Å². The van der Waals surface area contributed by atoms with Crippen LogP contribution in [0.4, 0.5) is 5.82 Å². The summed E-state index contributed by atoms with van der Waals surface area (Å²) in [7, 11) is 1.55. The Morgan fingerprint density at radius 2 is 2.03 bits per heavy atom. The van der Waals surface area contributed by atoms with Crippen LogP contribution in [0.5, 0.6) is 5.88 Å². The van der Waals surface area contributed by atoms with E-state index in [1.54, 1.807) is 37.6 Å². The Balaban J connectivity index is 1.17. The molecule has 3 aromatic rings. The van der Waals surface area contributed by atoms with Crippen molar-refractivity contribution in [3.05, 3.63) is 47.8 Å². The van der Waals surface area contributed by atoms with Crippen molar-refractivity contribution in [3.63, 3.8) is 0 Å². The van der Waals surface area contributed by atoms with Gasteiger partial charge in [0.2, 0.25) is 11.8 Å². The van der Waals surface area contributed by atoms with Crippen LogP contribution in [0, 0.1) is 0 Å². The number of methoxy groups -OCH3 is 1. The predicted octanol–water partition coefficient (Wildman–Crippen LogP) is 1.07. The molecule has 1 fully saturated rings. The van der Waals surface area contributed by atoms with E-state index in [1.807, 2.05) is 11.1 Å². The summed E-state index contributed by atoms with van der Waals surface area (Å²) >= 11 is 1.40. The number of nitrogens with one attached hydrogen (secondary N) is 2. The largest absolute Gasteiger partial charge is 0.481 e. The second-order valence-electron chi connectivity index (χ2n) is 8.25. The first kappa shape index (κ1) is 23.4. The number of pyridine rings is 3. The number of hydrogen-bond acceptors (Lipinski definition) is 10. The number of aliphatic hydroxyl groups excluding tert-OH is 1. The second kappa shape index (κ2) is 10.1. The van der Waals surface area contributed by atoms with Crippen LogP contribution < -0.4 is 15.5 Å². The lowest BCUT2D eigenvalue weighted by Gasteiger charge is -2.35. The molecule has 2 aliphatic heterocycles. The third-order valence-corrected chi connectivity index (χ3v) is 6.98. The van der Waals surface area contributed by atoms with Crippen LogP contribution in [-0.2, 0) is 4.79 Å².